The Morgan fingerprint density at radius 2 is 1.86 bits per heavy atom. The zero-order chi connectivity index (χ0) is 25.3. The van der Waals surface area contributed by atoms with Crippen molar-refractivity contribution in [3.8, 4) is 11.1 Å². The number of nitrogens with one attached hydrogen (secondary N) is 1. The van der Waals surface area contributed by atoms with Crippen LogP contribution in [0.15, 0.2) is 35.5 Å². The average Bonchev–Trinajstić information content (AvgIpc) is 2.88. The largest absolute Gasteiger partial charge is 0.393 e. The van der Waals surface area contributed by atoms with Crippen LogP contribution in [0, 0.1) is 5.92 Å². The van der Waals surface area contributed by atoms with Gasteiger partial charge in [-0.3, -0.25) is 4.90 Å². The summed E-state index contributed by atoms with van der Waals surface area (Å²) in [7, 11) is 2.16. The molecule has 4 rings (SSSR count). The van der Waals surface area contributed by atoms with Gasteiger partial charge in [-0.1, -0.05) is 24.3 Å². The maximum absolute atomic E-state index is 12.2. The molecule has 8 nitrogen and oxygen atoms in total. The van der Waals surface area contributed by atoms with Gasteiger partial charge in [0.1, 0.15) is 0 Å². The first kappa shape index (κ1) is 26.5. The molecule has 2 fully saturated rings. The topological polar surface area (TPSA) is 86.1 Å². The number of aliphatic imine (C=N–C) groups is 1. The predicted octanol–water partition coefficient (Wildman–Crippen LogP) is 3.80. The van der Waals surface area contributed by atoms with Crippen molar-refractivity contribution in [3.05, 3.63) is 36.0 Å². The Labute approximate surface area is 211 Å². The third-order valence-corrected chi connectivity index (χ3v) is 6.81. The van der Waals surface area contributed by atoms with Crippen LogP contribution in [0.5, 0.6) is 0 Å². The Kier molecular flexibility index (Phi) is 9.68. The van der Waals surface area contributed by atoms with Gasteiger partial charge in [0.15, 0.2) is 5.82 Å². The van der Waals surface area contributed by atoms with Gasteiger partial charge in [-0.05, 0) is 49.8 Å². The molecule has 1 aliphatic heterocycles. The van der Waals surface area contributed by atoms with Gasteiger partial charge in [-0.25, -0.2) is 9.98 Å². The van der Waals surface area contributed by atoms with Gasteiger partial charge < -0.3 is 20.1 Å². The molecule has 0 atom stereocenters. The number of piperazine rings is 1. The van der Waals surface area contributed by atoms with Crippen molar-refractivity contribution >= 4 is 18.0 Å². The molecule has 1 aliphatic carbocycles. The number of nitrogens with zero attached hydrogens (tertiary/aromatic N) is 5. The molecule has 1 saturated carbocycles. The molecule has 1 saturated heterocycles. The first-order valence-electron chi connectivity index (χ1n) is 12.7. The Bertz CT molecular complexity index is 975. The van der Waals surface area contributed by atoms with E-state index in [-0.39, 0.29) is 25.2 Å². The summed E-state index contributed by atoms with van der Waals surface area (Å²) in [5, 5.41) is 12.7. The summed E-state index contributed by atoms with van der Waals surface area (Å²) in [6, 6.07) is 8.42. The quantitative estimate of drug-likeness (QED) is 0.378. The fourth-order valence-electron chi connectivity index (χ4n) is 4.55. The van der Waals surface area contributed by atoms with Gasteiger partial charge in [0, 0.05) is 57.2 Å². The van der Waals surface area contributed by atoms with Gasteiger partial charge in [0.25, 0.3) is 0 Å². The SMILES string of the molecule is CN1CCN(Cc2ccc(-c3cnc(NCCOC(F)F)nc3N=CC3CCC(O)CC3)cc2)CC1. The molecule has 0 unspecified atom stereocenters. The number of alkyl halides is 2. The van der Waals surface area contributed by atoms with Crippen LogP contribution < -0.4 is 5.32 Å². The highest BCUT2D eigenvalue weighted by Crippen LogP contribution is 2.30. The second-order valence-electron chi connectivity index (χ2n) is 9.61. The van der Waals surface area contributed by atoms with Crippen molar-refractivity contribution in [2.75, 3.05) is 51.7 Å². The smallest absolute Gasteiger partial charge is 0.345 e. The van der Waals surface area contributed by atoms with Crippen molar-refractivity contribution in [2.45, 2.75) is 44.9 Å². The van der Waals surface area contributed by atoms with E-state index >= 15 is 0 Å². The molecule has 2 aliphatic rings. The molecule has 2 aromatic rings. The van der Waals surface area contributed by atoms with Gasteiger partial charge in [0.05, 0.1) is 12.7 Å². The molecular formula is C26H36F2N6O2. The fourth-order valence-corrected chi connectivity index (χ4v) is 4.55. The van der Waals surface area contributed by atoms with Crippen molar-refractivity contribution in [2.24, 2.45) is 10.9 Å². The monoisotopic (exact) mass is 502 g/mol. The predicted molar refractivity (Wildman–Crippen MR) is 137 cm³/mol. The van der Waals surface area contributed by atoms with Gasteiger partial charge >= 0.3 is 6.61 Å². The number of rotatable bonds is 10. The summed E-state index contributed by atoms with van der Waals surface area (Å²) in [6.45, 7) is 2.45. The number of benzene rings is 1. The third kappa shape index (κ3) is 7.99. The Hall–Kier alpha value is -2.53. The lowest BCUT2D eigenvalue weighted by molar-refractivity contribution is -0.125. The molecule has 0 spiro atoms. The summed E-state index contributed by atoms with van der Waals surface area (Å²) in [5.74, 6) is 1.13. The number of likely N-dealkylation sites (N-methyl/N-ethyl adjacent to an activating group) is 1. The summed E-state index contributed by atoms with van der Waals surface area (Å²) in [6.07, 6.45) is 6.75. The van der Waals surface area contributed by atoms with E-state index in [4.69, 9.17) is 4.99 Å². The average molecular weight is 503 g/mol. The summed E-state index contributed by atoms with van der Waals surface area (Å²) < 4.78 is 28.7. The number of hydrogen-bond donors (Lipinski definition) is 2. The first-order valence-corrected chi connectivity index (χ1v) is 12.7. The van der Waals surface area contributed by atoms with Crippen molar-refractivity contribution in [1.29, 1.82) is 0 Å². The van der Waals surface area contributed by atoms with Crippen LogP contribution >= 0.6 is 0 Å². The van der Waals surface area contributed by atoms with Crippen molar-refractivity contribution in [1.82, 2.24) is 19.8 Å². The van der Waals surface area contributed by atoms with Crippen LogP contribution in [0.25, 0.3) is 11.1 Å². The number of ether oxygens (including phenoxy) is 1. The van der Waals surface area contributed by atoms with Crippen LogP contribution in [0.2, 0.25) is 0 Å². The third-order valence-electron chi connectivity index (χ3n) is 6.81. The van der Waals surface area contributed by atoms with E-state index < -0.39 is 6.61 Å². The summed E-state index contributed by atoms with van der Waals surface area (Å²) in [4.78, 5) is 18.5. The summed E-state index contributed by atoms with van der Waals surface area (Å²) >= 11 is 0. The molecule has 0 radical (unpaired) electrons. The van der Waals surface area contributed by atoms with Gasteiger partial charge in [-0.2, -0.15) is 13.8 Å². The minimum atomic E-state index is -2.80. The summed E-state index contributed by atoms with van der Waals surface area (Å²) in [5.41, 5.74) is 3.03. The Morgan fingerprint density at radius 3 is 2.56 bits per heavy atom. The zero-order valence-electron chi connectivity index (χ0n) is 20.8. The highest BCUT2D eigenvalue weighted by atomic mass is 19.3. The van der Waals surface area contributed by atoms with E-state index in [0.29, 0.717) is 11.8 Å². The number of hydrogen-bond acceptors (Lipinski definition) is 8. The number of halogens is 2. The molecule has 1 aromatic carbocycles. The van der Waals surface area contributed by atoms with E-state index in [1.54, 1.807) is 6.20 Å². The maximum atomic E-state index is 12.2. The second-order valence-corrected chi connectivity index (χ2v) is 9.61. The molecular weight excluding hydrogens is 466 g/mol. The second kappa shape index (κ2) is 13.1. The Morgan fingerprint density at radius 1 is 1.14 bits per heavy atom. The molecule has 2 heterocycles. The minimum Gasteiger partial charge on any atom is -0.393 e. The van der Waals surface area contributed by atoms with E-state index in [1.165, 1.54) is 5.56 Å². The highest BCUT2D eigenvalue weighted by molar-refractivity contribution is 5.77. The molecule has 0 bridgehead atoms. The van der Waals surface area contributed by atoms with E-state index in [1.807, 2.05) is 6.21 Å². The zero-order valence-corrected chi connectivity index (χ0v) is 20.8. The number of aliphatic hydroxyl groups is 1. The van der Waals surface area contributed by atoms with Crippen LogP contribution in [0.4, 0.5) is 20.5 Å². The minimum absolute atomic E-state index is 0.152. The molecule has 10 heteroatoms. The molecule has 1 aromatic heterocycles. The van der Waals surface area contributed by atoms with Crippen molar-refractivity contribution < 1.29 is 18.6 Å². The fraction of sp³-hybridized carbons (Fsp3) is 0.577. The Balaban J connectivity index is 1.47. The number of aromatic nitrogens is 2. The van der Waals surface area contributed by atoms with Crippen LogP contribution in [-0.4, -0.2) is 90.2 Å². The van der Waals surface area contributed by atoms with Gasteiger partial charge in [0.2, 0.25) is 5.95 Å². The van der Waals surface area contributed by atoms with E-state index in [0.717, 1.165) is 69.5 Å². The van der Waals surface area contributed by atoms with E-state index in [2.05, 4.69) is 61.1 Å². The van der Waals surface area contributed by atoms with E-state index in [9.17, 15) is 13.9 Å². The van der Waals surface area contributed by atoms with Crippen molar-refractivity contribution in [3.63, 3.8) is 0 Å². The number of aliphatic hydroxyl groups excluding tert-OH is 1. The lowest BCUT2D eigenvalue weighted by atomic mass is 9.88. The molecule has 0 amide bonds. The molecule has 196 valence electrons. The first-order chi connectivity index (χ1) is 17.5. The lowest BCUT2D eigenvalue weighted by Crippen LogP contribution is -2.43. The van der Waals surface area contributed by atoms with Crippen LogP contribution in [0.1, 0.15) is 31.2 Å². The van der Waals surface area contributed by atoms with Crippen LogP contribution in [-0.2, 0) is 11.3 Å². The maximum Gasteiger partial charge on any atom is 0.345 e. The molecule has 36 heavy (non-hydrogen) atoms. The number of anilines is 1. The standard InChI is InChI=1S/C26H36F2N6O2/c1-33-11-13-34(14-12-33)18-20-2-6-21(7-3-20)23-17-31-26(29-10-15-36-25(27)28)32-24(23)30-16-19-4-8-22(35)9-5-19/h2-3,6-7,16-17,19,22,25,35H,4-5,8-15,18H2,1H3,(H,29,31,32). The molecule has 2 N–H and O–H groups in total. The van der Waals surface area contributed by atoms with Gasteiger partial charge in [-0.15, -0.1) is 0 Å². The normalized spacial score (nSPS) is 21.9. The van der Waals surface area contributed by atoms with Crippen LogP contribution in [0.3, 0.4) is 0 Å². The highest BCUT2D eigenvalue weighted by Gasteiger charge is 2.18. The lowest BCUT2D eigenvalue weighted by Gasteiger charge is -2.32.